The molecule has 0 aromatic heterocycles. The van der Waals surface area contributed by atoms with Crippen molar-refractivity contribution in [2.75, 3.05) is 0 Å². The Labute approximate surface area is 106 Å². The molecule has 18 heavy (non-hydrogen) atoms. The molecule has 2 aromatic rings. The second-order valence-electron chi connectivity index (χ2n) is 4.29. The van der Waals surface area contributed by atoms with E-state index in [1.165, 1.54) is 12.1 Å². The first-order chi connectivity index (χ1) is 8.61. The van der Waals surface area contributed by atoms with Crippen molar-refractivity contribution in [2.45, 2.75) is 13.0 Å². The highest BCUT2D eigenvalue weighted by atomic mass is 19.1. The Hall–Kier alpha value is -1.93. The zero-order valence-electron chi connectivity index (χ0n) is 10.2. The van der Waals surface area contributed by atoms with Crippen LogP contribution in [0.2, 0.25) is 0 Å². The quantitative estimate of drug-likeness (QED) is 0.806. The van der Waals surface area contributed by atoms with E-state index < -0.39 is 6.10 Å². The Kier molecular flexibility index (Phi) is 3.58. The zero-order valence-corrected chi connectivity index (χ0v) is 10.2. The lowest BCUT2D eigenvalue weighted by atomic mass is 10.00. The van der Waals surface area contributed by atoms with Gasteiger partial charge in [0.2, 0.25) is 0 Å². The van der Waals surface area contributed by atoms with Crippen LogP contribution in [0.15, 0.2) is 55.1 Å². The van der Waals surface area contributed by atoms with Crippen LogP contribution in [0.1, 0.15) is 17.2 Å². The van der Waals surface area contributed by atoms with E-state index in [0.29, 0.717) is 5.56 Å². The average Bonchev–Trinajstić information content (AvgIpc) is 2.41. The molecule has 0 spiro atoms. The second kappa shape index (κ2) is 5.15. The summed E-state index contributed by atoms with van der Waals surface area (Å²) in [5.41, 5.74) is 3.15. The van der Waals surface area contributed by atoms with Crippen LogP contribution in [0.25, 0.3) is 11.1 Å². The predicted molar refractivity (Wildman–Crippen MR) is 71.7 cm³/mol. The van der Waals surface area contributed by atoms with Crippen molar-refractivity contribution in [3.8, 4) is 11.1 Å². The van der Waals surface area contributed by atoms with Crippen LogP contribution in [0.5, 0.6) is 0 Å². The van der Waals surface area contributed by atoms with Gasteiger partial charge in [-0.3, -0.25) is 0 Å². The molecule has 0 saturated carbocycles. The summed E-state index contributed by atoms with van der Waals surface area (Å²) in [5.74, 6) is -0.238. The number of aliphatic hydroxyl groups excluding tert-OH is 1. The van der Waals surface area contributed by atoms with Crippen LogP contribution in [0.3, 0.4) is 0 Å². The minimum Gasteiger partial charge on any atom is -0.384 e. The Morgan fingerprint density at radius 3 is 2.44 bits per heavy atom. The molecule has 0 fully saturated rings. The molecular formula is C16H15FO. The minimum atomic E-state index is -0.679. The highest BCUT2D eigenvalue weighted by Gasteiger charge is 2.07. The monoisotopic (exact) mass is 242 g/mol. The Morgan fingerprint density at radius 2 is 1.83 bits per heavy atom. The largest absolute Gasteiger partial charge is 0.384 e. The summed E-state index contributed by atoms with van der Waals surface area (Å²) >= 11 is 0. The molecule has 92 valence electrons. The van der Waals surface area contributed by atoms with Gasteiger partial charge in [-0.2, -0.15) is 0 Å². The standard InChI is InChI=1S/C16H15FO/c1-3-16(18)13-7-5-12(6-8-13)14-10-11(2)4-9-15(14)17/h3-10,16,18H,1H2,2H3. The smallest absolute Gasteiger partial charge is 0.131 e. The van der Waals surface area contributed by atoms with Crippen molar-refractivity contribution < 1.29 is 9.50 Å². The number of halogens is 1. The van der Waals surface area contributed by atoms with Gasteiger partial charge in [-0.15, -0.1) is 6.58 Å². The molecule has 0 aliphatic carbocycles. The van der Waals surface area contributed by atoms with Crippen LogP contribution >= 0.6 is 0 Å². The maximum atomic E-state index is 13.7. The molecule has 0 saturated heterocycles. The third-order valence-electron chi connectivity index (χ3n) is 2.91. The van der Waals surface area contributed by atoms with Crippen molar-refractivity contribution in [2.24, 2.45) is 0 Å². The molecule has 0 radical (unpaired) electrons. The Balaban J connectivity index is 2.40. The second-order valence-corrected chi connectivity index (χ2v) is 4.29. The van der Waals surface area contributed by atoms with Crippen LogP contribution in [0.4, 0.5) is 4.39 Å². The molecule has 2 aromatic carbocycles. The van der Waals surface area contributed by atoms with Crippen LogP contribution in [-0.4, -0.2) is 5.11 Å². The molecule has 0 amide bonds. The molecular weight excluding hydrogens is 227 g/mol. The number of rotatable bonds is 3. The van der Waals surface area contributed by atoms with Gasteiger partial charge in [-0.25, -0.2) is 4.39 Å². The highest BCUT2D eigenvalue weighted by molar-refractivity contribution is 5.65. The first-order valence-electron chi connectivity index (χ1n) is 5.79. The van der Waals surface area contributed by atoms with E-state index in [1.54, 1.807) is 30.3 Å². The molecule has 0 heterocycles. The van der Waals surface area contributed by atoms with Crippen molar-refractivity contribution in [1.82, 2.24) is 0 Å². The maximum Gasteiger partial charge on any atom is 0.131 e. The maximum absolute atomic E-state index is 13.7. The normalized spacial score (nSPS) is 12.2. The van der Waals surface area contributed by atoms with Crippen LogP contribution in [-0.2, 0) is 0 Å². The molecule has 0 bridgehead atoms. The van der Waals surface area contributed by atoms with Crippen LogP contribution in [0, 0.1) is 12.7 Å². The Bertz CT molecular complexity index is 558. The van der Waals surface area contributed by atoms with Crippen molar-refractivity contribution in [3.63, 3.8) is 0 Å². The van der Waals surface area contributed by atoms with Gasteiger partial charge < -0.3 is 5.11 Å². The van der Waals surface area contributed by atoms with E-state index >= 15 is 0 Å². The Morgan fingerprint density at radius 1 is 1.17 bits per heavy atom. The summed E-state index contributed by atoms with van der Waals surface area (Å²) in [4.78, 5) is 0. The van der Waals surface area contributed by atoms with Gasteiger partial charge in [0.25, 0.3) is 0 Å². The summed E-state index contributed by atoms with van der Waals surface area (Å²) in [6.45, 7) is 5.46. The first kappa shape index (κ1) is 12.5. The number of aliphatic hydroxyl groups is 1. The summed E-state index contributed by atoms with van der Waals surface area (Å²) in [6, 6.07) is 12.2. The topological polar surface area (TPSA) is 20.2 Å². The number of hydrogen-bond donors (Lipinski definition) is 1. The van der Waals surface area contributed by atoms with Gasteiger partial charge in [0.05, 0.1) is 6.10 Å². The molecule has 1 atom stereocenters. The summed E-state index contributed by atoms with van der Waals surface area (Å²) in [6.07, 6.45) is 0.781. The molecule has 0 aliphatic heterocycles. The van der Waals surface area contributed by atoms with E-state index in [0.717, 1.165) is 16.7 Å². The summed E-state index contributed by atoms with van der Waals surface area (Å²) in [7, 11) is 0. The fourth-order valence-corrected chi connectivity index (χ4v) is 1.86. The third kappa shape index (κ3) is 2.49. The minimum absolute atomic E-state index is 0.238. The van der Waals surface area contributed by atoms with Gasteiger partial charge in [0.1, 0.15) is 5.82 Å². The molecule has 1 unspecified atom stereocenters. The highest BCUT2D eigenvalue weighted by Crippen LogP contribution is 2.25. The van der Waals surface area contributed by atoms with Crippen molar-refractivity contribution >= 4 is 0 Å². The van der Waals surface area contributed by atoms with Gasteiger partial charge in [0.15, 0.2) is 0 Å². The SMILES string of the molecule is C=CC(O)c1ccc(-c2cc(C)ccc2F)cc1. The molecule has 1 N–H and O–H groups in total. The van der Waals surface area contributed by atoms with Gasteiger partial charge in [-0.1, -0.05) is 42.0 Å². The summed E-state index contributed by atoms with van der Waals surface area (Å²) in [5, 5.41) is 9.60. The fraction of sp³-hybridized carbons (Fsp3) is 0.125. The van der Waals surface area contributed by atoms with Gasteiger partial charge >= 0.3 is 0 Å². The summed E-state index contributed by atoms with van der Waals surface area (Å²) < 4.78 is 13.7. The lowest BCUT2D eigenvalue weighted by Gasteiger charge is -2.08. The fourth-order valence-electron chi connectivity index (χ4n) is 1.86. The number of hydrogen-bond acceptors (Lipinski definition) is 1. The number of aryl methyl sites for hydroxylation is 1. The molecule has 1 nitrogen and oxygen atoms in total. The van der Waals surface area contributed by atoms with E-state index in [4.69, 9.17) is 0 Å². The van der Waals surface area contributed by atoms with Crippen LogP contribution < -0.4 is 0 Å². The number of benzene rings is 2. The van der Waals surface area contributed by atoms with Gasteiger partial charge in [0, 0.05) is 5.56 Å². The zero-order chi connectivity index (χ0) is 13.1. The molecule has 2 rings (SSSR count). The predicted octanol–water partition coefficient (Wildman–Crippen LogP) is 4.02. The molecule has 0 aliphatic rings. The van der Waals surface area contributed by atoms with Gasteiger partial charge in [-0.05, 0) is 30.2 Å². The lowest BCUT2D eigenvalue weighted by molar-refractivity contribution is 0.229. The van der Waals surface area contributed by atoms with E-state index in [9.17, 15) is 9.50 Å². The third-order valence-corrected chi connectivity index (χ3v) is 2.91. The van der Waals surface area contributed by atoms with E-state index in [1.807, 2.05) is 13.0 Å². The van der Waals surface area contributed by atoms with E-state index in [2.05, 4.69) is 6.58 Å². The van der Waals surface area contributed by atoms with Crippen molar-refractivity contribution in [3.05, 3.63) is 72.1 Å². The average molecular weight is 242 g/mol. The molecule has 2 heteroatoms. The first-order valence-corrected chi connectivity index (χ1v) is 5.79. The lowest BCUT2D eigenvalue weighted by Crippen LogP contribution is -1.92. The van der Waals surface area contributed by atoms with Crippen molar-refractivity contribution in [1.29, 1.82) is 0 Å². The van der Waals surface area contributed by atoms with E-state index in [-0.39, 0.29) is 5.82 Å².